The minimum absolute atomic E-state index is 0.405. The number of fused-ring (bicyclic) bond motifs is 1. The van der Waals surface area contributed by atoms with Crippen LogP contribution in [0.1, 0.15) is 44.3 Å². The topological polar surface area (TPSA) is 87.4 Å². The van der Waals surface area contributed by atoms with Crippen molar-refractivity contribution in [1.29, 1.82) is 0 Å². The fourth-order valence-corrected chi connectivity index (χ4v) is 4.13. The lowest BCUT2D eigenvalue weighted by molar-refractivity contribution is 0.474. The zero-order valence-corrected chi connectivity index (χ0v) is 15.9. The fraction of sp³-hybridized carbons (Fsp3) is 0.333. The molecule has 1 saturated carbocycles. The molecule has 0 radical (unpaired) electrons. The lowest BCUT2D eigenvalue weighted by Gasteiger charge is -2.11. The number of aryl methyl sites for hydroxylation is 1. The van der Waals surface area contributed by atoms with Crippen LogP contribution < -0.4 is 5.73 Å². The predicted molar refractivity (Wildman–Crippen MR) is 109 cm³/mol. The highest BCUT2D eigenvalue weighted by Crippen LogP contribution is 2.34. The van der Waals surface area contributed by atoms with Gasteiger partial charge in [-0.3, -0.25) is 0 Å². The molecule has 1 aromatic carbocycles. The first-order valence-electron chi connectivity index (χ1n) is 9.88. The predicted octanol–water partition coefficient (Wildman–Crippen LogP) is 3.94. The minimum Gasteiger partial charge on any atom is -0.383 e. The number of hydrogen-bond acceptors (Lipinski definition) is 5. The molecule has 1 aliphatic rings. The number of nitrogens with zero attached hydrogens (tertiary/aromatic N) is 6. The van der Waals surface area contributed by atoms with E-state index in [0.717, 1.165) is 47.2 Å². The first-order chi connectivity index (χ1) is 13.7. The highest BCUT2D eigenvalue weighted by Gasteiger charge is 2.24. The number of anilines is 1. The van der Waals surface area contributed by atoms with Gasteiger partial charge in [0, 0.05) is 23.6 Å². The number of hydrogen-bond donors (Lipinski definition) is 1. The number of nitrogen functional groups attached to an aromatic ring is 1. The van der Waals surface area contributed by atoms with Gasteiger partial charge in [-0.15, -0.1) is 0 Å². The van der Waals surface area contributed by atoms with Gasteiger partial charge in [0.25, 0.3) is 0 Å². The third-order valence-electron chi connectivity index (χ3n) is 5.56. The summed E-state index contributed by atoms with van der Waals surface area (Å²) in [5.74, 6) is 1.14. The average Bonchev–Trinajstić information content (AvgIpc) is 3.47. The van der Waals surface area contributed by atoms with E-state index >= 15 is 0 Å². The Labute approximate surface area is 163 Å². The van der Waals surface area contributed by atoms with Gasteiger partial charge in [-0.1, -0.05) is 31.9 Å². The van der Waals surface area contributed by atoms with E-state index in [1.54, 1.807) is 12.5 Å². The van der Waals surface area contributed by atoms with Gasteiger partial charge >= 0.3 is 0 Å². The molecule has 28 heavy (non-hydrogen) atoms. The van der Waals surface area contributed by atoms with Crippen LogP contribution in [0.25, 0.3) is 28.1 Å². The van der Waals surface area contributed by atoms with Gasteiger partial charge in [-0.25, -0.2) is 19.6 Å². The molecular weight excluding hydrogens is 350 g/mol. The van der Waals surface area contributed by atoms with Crippen molar-refractivity contribution in [2.75, 3.05) is 5.73 Å². The van der Waals surface area contributed by atoms with Crippen molar-refractivity contribution in [2.24, 2.45) is 0 Å². The van der Waals surface area contributed by atoms with Crippen LogP contribution in [0.15, 0.2) is 43.0 Å². The van der Waals surface area contributed by atoms with Crippen LogP contribution in [0, 0.1) is 0 Å². The first-order valence-corrected chi connectivity index (χ1v) is 9.88. The van der Waals surface area contributed by atoms with Crippen LogP contribution in [0.2, 0.25) is 0 Å². The summed E-state index contributed by atoms with van der Waals surface area (Å²) in [6, 6.07) is 8.50. The minimum atomic E-state index is 0.405. The van der Waals surface area contributed by atoms with E-state index in [-0.39, 0.29) is 0 Å². The second-order valence-electron chi connectivity index (χ2n) is 7.33. The van der Waals surface area contributed by atoms with E-state index < -0.39 is 0 Å². The zero-order valence-electron chi connectivity index (χ0n) is 15.9. The Hall–Kier alpha value is -3.22. The molecule has 1 fully saturated rings. The molecule has 0 aliphatic heterocycles. The highest BCUT2D eigenvalue weighted by atomic mass is 15.3. The standard InChI is InChI=1S/C21H23N7/c1-2-17-18-19(22)24-20(25-21(18)28(26-17)15-7-3-4-8-15)14-6-5-9-16(12-14)27-11-10-23-13-27/h5-6,9-13,15H,2-4,7-8H2,1H3,(H2,22,24,25). The monoisotopic (exact) mass is 373 g/mol. The third-order valence-corrected chi connectivity index (χ3v) is 5.56. The van der Waals surface area contributed by atoms with Gasteiger partial charge in [0.1, 0.15) is 5.82 Å². The molecule has 4 aromatic rings. The molecule has 0 amide bonds. The molecule has 2 N–H and O–H groups in total. The molecule has 5 rings (SSSR count). The van der Waals surface area contributed by atoms with Gasteiger partial charge < -0.3 is 10.3 Å². The summed E-state index contributed by atoms with van der Waals surface area (Å²) in [5, 5.41) is 5.77. The molecule has 0 unspecified atom stereocenters. The maximum Gasteiger partial charge on any atom is 0.164 e. The molecule has 0 atom stereocenters. The number of imidazole rings is 1. The summed E-state index contributed by atoms with van der Waals surface area (Å²) in [6.45, 7) is 2.10. The van der Waals surface area contributed by atoms with E-state index in [1.165, 1.54) is 12.8 Å². The zero-order chi connectivity index (χ0) is 19.1. The second kappa shape index (κ2) is 6.74. The van der Waals surface area contributed by atoms with Crippen LogP contribution in [0.4, 0.5) is 5.82 Å². The smallest absolute Gasteiger partial charge is 0.164 e. The molecule has 0 bridgehead atoms. The van der Waals surface area contributed by atoms with Crippen molar-refractivity contribution in [3.8, 4) is 17.1 Å². The largest absolute Gasteiger partial charge is 0.383 e. The number of aromatic nitrogens is 6. The van der Waals surface area contributed by atoms with E-state index in [1.807, 2.05) is 29.0 Å². The Morgan fingerprint density at radius 3 is 2.79 bits per heavy atom. The first kappa shape index (κ1) is 16.9. The SMILES string of the molecule is CCc1nn(C2CCCC2)c2nc(-c3cccc(-n4ccnc4)c3)nc(N)c12. The van der Waals surface area contributed by atoms with Gasteiger partial charge in [-0.2, -0.15) is 5.10 Å². The summed E-state index contributed by atoms with van der Waals surface area (Å²) in [4.78, 5) is 13.7. The van der Waals surface area contributed by atoms with Gasteiger partial charge in [0.05, 0.1) is 23.4 Å². The average molecular weight is 373 g/mol. The van der Waals surface area contributed by atoms with Crippen LogP contribution in [-0.2, 0) is 6.42 Å². The quantitative estimate of drug-likeness (QED) is 0.585. The Morgan fingerprint density at radius 2 is 2.04 bits per heavy atom. The van der Waals surface area contributed by atoms with Crippen molar-refractivity contribution in [3.63, 3.8) is 0 Å². The number of benzene rings is 1. The highest BCUT2D eigenvalue weighted by molar-refractivity contribution is 5.90. The van der Waals surface area contributed by atoms with Crippen molar-refractivity contribution < 1.29 is 0 Å². The molecule has 142 valence electrons. The summed E-state index contributed by atoms with van der Waals surface area (Å²) in [5.41, 5.74) is 10.2. The van der Waals surface area contributed by atoms with Crippen LogP contribution in [-0.4, -0.2) is 29.3 Å². The van der Waals surface area contributed by atoms with E-state index in [0.29, 0.717) is 17.7 Å². The van der Waals surface area contributed by atoms with E-state index in [9.17, 15) is 0 Å². The summed E-state index contributed by atoms with van der Waals surface area (Å²) in [6.07, 6.45) is 11.1. The van der Waals surface area contributed by atoms with E-state index in [4.69, 9.17) is 15.8 Å². The lowest BCUT2D eigenvalue weighted by Crippen LogP contribution is -2.08. The Bertz CT molecular complexity index is 1120. The number of nitrogens with two attached hydrogens (primary N) is 1. The van der Waals surface area contributed by atoms with Gasteiger partial charge in [0.15, 0.2) is 11.5 Å². The molecule has 1 aliphatic carbocycles. The van der Waals surface area contributed by atoms with E-state index in [2.05, 4.69) is 27.6 Å². The molecule has 0 saturated heterocycles. The Morgan fingerprint density at radius 1 is 1.18 bits per heavy atom. The van der Waals surface area contributed by atoms with Crippen LogP contribution >= 0.6 is 0 Å². The van der Waals surface area contributed by atoms with Crippen molar-refractivity contribution in [3.05, 3.63) is 48.7 Å². The second-order valence-corrected chi connectivity index (χ2v) is 7.33. The molecule has 0 spiro atoms. The van der Waals surface area contributed by atoms with Crippen LogP contribution in [0.5, 0.6) is 0 Å². The molecule has 7 nitrogen and oxygen atoms in total. The fourth-order valence-electron chi connectivity index (χ4n) is 4.13. The Balaban J connectivity index is 1.67. The van der Waals surface area contributed by atoms with Crippen molar-refractivity contribution >= 4 is 16.9 Å². The van der Waals surface area contributed by atoms with Crippen LogP contribution in [0.3, 0.4) is 0 Å². The molecule has 3 heterocycles. The van der Waals surface area contributed by atoms with Crippen molar-refractivity contribution in [1.82, 2.24) is 29.3 Å². The lowest BCUT2D eigenvalue weighted by atomic mass is 10.1. The van der Waals surface area contributed by atoms with Gasteiger partial charge in [0.2, 0.25) is 0 Å². The third kappa shape index (κ3) is 2.74. The van der Waals surface area contributed by atoms with Crippen molar-refractivity contribution in [2.45, 2.75) is 45.1 Å². The maximum atomic E-state index is 6.40. The molecular formula is C21H23N7. The Kier molecular flexibility index (Phi) is 4.07. The summed E-state index contributed by atoms with van der Waals surface area (Å²) >= 11 is 0. The summed E-state index contributed by atoms with van der Waals surface area (Å²) in [7, 11) is 0. The number of rotatable bonds is 4. The normalized spacial score (nSPS) is 14.9. The molecule has 7 heteroatoms. The maximum absolute atomic E-state index is 6.40. The van der Waals surface area contributed by atoms with Gasteiger partial charge in [-0.05, 0) is 31.4 Å². The summed E-state index contributed by atoms with van der Waals surface area (Å²) < 4.78 is 4.06. The molecule has 3 aromatic heterocycles.